The predicted molar refractivity (Wildman–Crippen MR) is 71.0 cm³/mol. The van der Waals surface area contributed by atoms with Crippen LogP contribution in [0.25, 0.3) is 0 Å². The molecule has 1 aliphatic heterocycles. The van der Waals surface area contributed by atoms with Crippen LogP contribution in [0.15, 0.2) is 16.8 Å². The van der Waals surface area contributed by atoms with Crippen molar-refractivity contribution in [3.8, 4) is 0 Å². The quantitative estimate of drug-likeness (QED) is 0.691. The zero-order valence-electron chi connectivity index (χ0n) is 10.8. The van der Waals surface area contributed by atoms with Crippen molar-refractivity contribution in [2.45, 2.75) is 20.3 Å². The number of hydrogen-bond donors (Lipinski definition) is 2. The Morgan fingerprint density at radius 2 is 2.11 bits per heavy atom. The van der Waals surface area contributed by atoms with Crippen LogP contribution in [-0.2, 0) is 19.6 Å². The van der Waals surface area contributed by atoms with Gasteiger partial charge in [-0.2, -0.15) is 0 Å². The molecule has 0 aromatic rings. The van der Waals surface area contributed by atoms with Crippen molar-refractivity contribution in [3.05, 3.63) is 11.8 Å². The monoisotopic (exact) mass is 287 g/mol. The van der Waals surface area contributed by atoms with E-state index < -0.39 is 21.8 Å². The molecule has 0 spiro atoms. The van der Waals surface area contributed by atoms with E-state index in [9.17, 15) is 18.0 Å². The van der Waals surface area contributed by atoms with E-state index in [0.717, 1.165) is 0 Å². The third-order valence-electron chi connectivity index (χ3n) is 2.38. The maximum atomic E-state index is 11.5. The topological polar surface area (TPSA) is 105 Å². The van der Waals surface area contributed by atoms with Crippen molar-refractivity contribution < 1.29 is 18.0 Å². The van der Waals surface area contributed by atoms with Crippen molar-refractivity contribution in [2.24, 2.45) is 10.9 Å². The number of hydrogen-bond acceptors (Lipinski definition) is 5. The van der Waals surface area contributed by atoms with Gasteiger partial charge in [-0.25, -0.2) is 8.42 Å². The third kappa shape index (κ3) is 5.21. The lowest BCUT2D eigenvalue weighted by molar-refractivity contribution is -0.122. The summed E-state index contributed by atoms with van der Waals surface area (Å²) in [5, 5.41) is 2.47. The summed E-state index contributed by atoms with van der Waals surface area (Å²) >= 11 is 0. The molecule has 1 heterocycles. The largest absolute Gasteiger partial charge is 0.351 e. The summed E-state index contributed by atoms with van der Waals surface area (Å²) in [5.74, 6) is -1.66. The number of rotatable bonds is 6. The van der Waals surface area contributed by atoms with Crippen molar-refractivity contribution in [1.82, 2.24) is 10.0 Å². The molecule has 0 unspecified atom stereocenters. The van der Waals surface area contributed by atoms with Crippen LogP contribution in [0, 0.1) is 5.92 Å². The van der Waals surface area contributed by atoms with Crippen LogP contribution in [0.2, 0.25) is 0 Å². The Labute approximate surface area is 112 Å². The second-order valence-electron chi connectivity index (χ2n) is 4.39. The summed E-state index contributed by atoms with van der Waals surface area (Å²) in [6.07, 6.45) is 3.47. The van der Waals surface area contributed by atoms with Gasteiger partial charge in [-0.3, -0.25) is 19.3 Å². The number of nitrogens with zero attached hydrogens (tertiary/aromatic N) is 1. The van der Waals surface area contributed by atoms with E-state index in [-0.39, 0.29) is 18.2 Å². The standard InChI is InChI=1S/C11H17N3O4S/c1-8(2)10(15)14-19(17,18)6-5-13-11(16)9-3-4-12-7-9/h4,7-8H,3,5-6H2,1-2H3,(H,13,16)(H,14,15). The zero-order chi connectivity index (χ0) is 14.5. The molecule has 8 heteroatoms. The number of amides is 2. The van der Waals surface area contributed by atoms with E-state index in [1.807, 2.05) is 4.72 Å². The Kier molecular flexibility index (Phi) is 5.22. The number of carbonyl (C=O) groups excluding carboxylic acids is 2. The van der Waals surface area contributed by atoms with Crippen LogP contribution in [0.1, 0.15) is 20.3 Å². The van der Waals surface area contributed by atoms with E-state index in [1.54, 1.807) is 20.1 Å². The molecule has 2 N–H and O–H groups in total. The lowest BCUT2D eigenvalue weighted by Crippen LogP contribution is -2.39. The van der Waals surface area contributed by atoms with Crippen molar-refractivity contribution in [1.29, 1.82) is 0 Å². The van der Waals surface area contributed by atoms with Crippen molar-refractivity contribution >= 4 is 28.1 Å². The van der Waals surface area contributed by atoms with Gasteiger partial charge < -0.3 is 5.32 Å². The van der Waals surface area contributed by atoms with E-state index in [4.69, 9.17) is 0 Å². The molecule has 0 aliphatic carbocycles. The first-order chi connectivity index (χ1) is 8.82. The van der Waals surface area contributed by atoms with Gasteiger partial charge in [-0.05, 0) is 0 Å². The van der Waals surface area contributed by atoms with Gasteiger partial charge in [0.2, 0.25) is 21.8 Å². The number of carbonyl (C=O) groups is 2. The highest BCUT2D eigenvalue weighted by Gasteiger charge is 2.17. The molecule has 0 fully saturated rings. The number of nitrogens with one attached hydrogen (secondary N) is 2. The maximum absolute atomic E-state index is 11.5. The first-order valence-electron chi connectivity index (χ1n) is 5.85. The first kappa shape index (κ1) is 15.4. The van der Waals surface area contributed by atoms with Gasteiger partial charge in [-0.15, -0.1) is 0 Å². The Balaban J connectivity index is 2.35. The van der Waals surface area contributed by atoms with Crippen LogP contribution in [0.4, 0.5) is 0 Å². The average molecular weight is 287 g/mol. The molecule has 2 amide bonds. The minimum absolute atomic E-state index is 0.0586. The molecule has 0 atom stereocenters. The Hall–Kier alpha value is -1.70. The molecular formula is C11H17N3O4S. The van der Waals surface area contributed by atoms with Gasteiger partial charge in [0.25, 0.3) is 0 Å². The Bertz CT molecular complexity index is 520. The Morgan fingerprint density at radius 3 is 2.63 bits per heavy atom. The molecule has 0 bridgehead atoms. The SMILES string of the molecule is CC(C)C(=O)NS(=O)(=O)CCNC(=O)C1=CN=CC1. The van der Waals surface area contributed by atoms with Gasteiger partial charge >= 0.3 is 0 Å². The molecule has 106 valence electrons. The summed E-state index contributed by atoms with van der Waals surface area (Å²) in [4.78, 5) is 26.6. The molecule has 0 saturated heterocycles. The van der Waals surface area contributed by atoms with Crippen LogP contribution < -0.4 is 10.0 Å². The fourth-order valence-electron chi connectivity index (χ4n) is 1.23. The zero-order valence-corrected chi connectivity index (χ0v) is 11.7. The summed E-state index contributed by atoms with van der Waals surface area (Å²) in [5.41, 5.74) is 0.489. The van der Waals surface area contributed by atoms with Crippen molar-refractivity contribution in [2.75, 3.05) is 12.3 Å². The molecule has 1 aliphatic rings. The summed E-state index contributed by atoms with van der Waals surface area (Å²) in [7, 11) is -3.71. The molecule has 0 radical (unpaired) electrons. The Morgan fingerprint density at radius 1 is 1.42 bits per heavy atom. The molecule has 0 saturated carbocycles. The summed E-state index contributed by atoms with van der Waals surface area (Å²) in [6.45, 7) is 3.13. The molecule has 0 aromatic heterocycles. The lowest BCUT2D eigenvalue weighted by atomic mass is 10.2. The van der Waals surface area contributed by atoms with Gasteiger partial charge in [-0.1, -0.05) is 13.8 Å². The van der Waals surface area contributed by atoms with Gasteiger partial charge in [0.05, 0.1) is 5.75 Å². The molecule has 19 heavy (non-hydrogen) atoms. The third-order valence-corrected chi connectivity index (χ3v) is 3.63. The predicted octanol–water partition coefficient (Wildman–Crippen LogP) is -0.437. The molecule has 0 aromatic carbocycles. The van der Waals surface area contributed by atoms with Crippen LogP contribution in [0.5, 0.6) is 0 Å². The number of aliphatic imine (C=N–C) groups is 1. The second-order valence-corrected chi connectivity index (χ2v) is 6.23. The van der Waals surface area contributed by atoms with Crippen LogP contribution >= 0.6 is 0 Å². The summed E-state index contributed by atoms with van der Waals surface area (Å²) in [6, 6.07) is 0. The highest BCUT2D eigenvalue weighted by molar-refractivity contribution is 7.90. The average Bonchev–Trinajstić information content (AvgIpc) is 2.81. The van der Waals surface area contributed by atoms with E-state index in [0.29, 0.717) is 12.0 Å². The lowest BCUT2D eigenvalue weighted by Gasteiger charge is -2.09. The number of sulfonamides is 1. The van der Waals surface area contributed by atoms with Crippen molar-refractivity contribution in [3.63, 3.8) is 0 Å². The maximum Gasteiger partial charge on any atom is 0.249 e. The molecule has 7 nitrogen and oxygen atoms in total. The minimum atomic E-state index is -3.71. The second kappa shape index (κ2) is 6.46. The van der Waals surface area contributed by atoms with Crippen LogP contribution in [-0.4, -0.2) is 38.7 Å². The van der Waals surface area contributed by atoms with Gasteiger partial charge in [0.15, 0.2) is 0 Å². The van der Waals surface area contributed by atoms with Gasteiger partial charge in [0, 0.05) is 36.9 Å². The van der Waals surface area contributed by atoms with Crippen LogP contribution in [0.3, 0.4) is 0 Å². The molecular weight excluding hydrogens is 270 g/mol. The van der Waals surface area contributed by atoms with E-state index >= 15 is 0 Å². The molecule has 1 rings (SSSR count). The van der Waals surface area contributed by atoms with E-state index in [1.165, 1.54) is 6.20 Å². The fourth-order valence-corrected chi connectivity index (χ4v) is 2.25. The smallest absolute Gasteiger partial charge is 0.249 e. The van der Waals surface area contributed by atoms with E-state index in [2.05, 4.69) is 10.3 Å². The highest BCUT2D eigenvalue weighted by Crippen LogP contribution is 2.05. The first-order valence-corrected chi connectivity index (χ1v) is 7.50. The summed E-state index contributed by atoms with van der Waals surface area (Å²) < 4.78 is 25.0. The van der Waals surface area contributed by atoms with Gasteiger partial charge in [0.1, 0.15) is 0 Å². The fraction of sp³-hybridized carbons (Fsp3) is 0.545. The normalized spacial score (nSPS) is 14.4. The minimum Gasteiger partial charge on any atom is -0.351 e. The highest BCUT2D eigenvalue weighted by atomic mass is 32.2.